The minimum atomic E-state index is -0.187. The van der Waals surface area contributed by atoms with E-state index in [9.17, 15) is 5.11 Å². The van der Waals surface area contributed by atoms with E-state index in [1.54, 1.807) is 0 Å². The summed E-state index contributed by atoms with van der Waals surface area (Å²) in [4.78, 5) is 2.42. The summed E-state index contributed by atoms with van der Waals surface area (Å²) in [5.41, 5.74) is 0. The van der Waals surface area contributed by atoms with E-state index in [0.717, 1.165) is 26.1 Å². The van der Waals surface area contributed by atoms with Gasteiger partial charge in [0.1, 0.15) is 0 Å². The van der Waals surface area contributed by atoms with Crippen molar-refractivity contribution < 1.29 is 5.11 Å². The van der Waals surface area contributed by atoms with Gasteiger partial charge in [0.25, 0.3) is 0 Å². The maximum atomic E-state index is 9.60. The number of rotatable bonds is 4. The molecule has 0 bridgehead atoms. The average molecular weight is 214 g/mol. The maximum absolute atomic E-state index is 9.60. The van der Waals surface area contributed by atoms with E-state index in [0.29, 0.717) is 17.9 Å². The maximum Gasteiger partial charge on any atom is 0.0552 e. The van der Waals surface area contributed by atoms with Crippen LogP contribution in [0, 0.1) is 11.8 Å². The first-order valence-corrected chi connectivity index (χ1v) is 6.09. The standard InChI is InChI=1S/C12H26N2O/c1-9(2)8-14(4)12-5-11(10(3)15)6-13-7-12/h9-13,15H,5-8H2,1-4H3. The summed E-state index contributed by atoms with van der Waals surface area (Å²) in [6, 6.07) is 0.584. The van der Waals surface area contributed by atoms with Crippen molar-refractivity contribution in [1.82, 2.24) is 10.2 Å². The summed E-state index contributed by atoms with van der Waals surface area (Å²) < 4.78 is 0. The third kappa shape index (κ3) is 4.09. The zero-order valence-corrected chi connectivity index (χ0v) is 10.5. The molecule has 3 atom stereocenters. The number of hydrogen-bond acceptors (Lipinski definition) is 3. The second kappa shape index (κ2) is 5.83. The highest BCUT2D eigenvalue weighted by Crippen LogP contribution is 2.18. The van der Waals surface area contributed by atoms with E-state index in [2.05, 4.69) is 31.1 Å². The van der Waals surface area contributed by atoms with Crippen molar-refractivity contribution in [3.63, 3.8) is 0 Å². The van der Waals surface area contributed by atoms with Crippen LogP contribution in [0.25, 0.3) is 0 Å². The average Bonchev–Trinajstić information content (AvgIpc) is 2.17. The van der Waals surface area contributed by atoms with Gasteiger partial charge in [-0.2, -0.15) is 0 Å². The van der Waals surface area contributed by atoms with Crippen molar-refractivity contribution in [2.45, 2.75) is 39.3 Å². The van der Waals surface area contributed by atoms with Crippen LogP contribution in [0.5, 0.6) is 0 Å². The Morgan fingerprint density at radius 1 is 1.33 bits per heavy atom. The second-order valence-corrected chi connectivity index (χ2v) is 5.38. The summed E-state index contributed by atoms with van der Waals surface area (Å²) in [5, 5.41) is 13.0. The number of nitrogens with zero attached hydrogens (tertiary/aromatic N) is 1. The second-order valence-electron chi connectivity index (χ2n) is 5.38. The first kappa shape index (κ1) is 12.9. The smallest absolute Gasteiger partial charge is 0.0552 e. The van der Waals surface area contributed by atoms with E-state index in [1.807, 2.05) is 6.92 Å². The van der Waals surface area contributed by atoms with Gasteiger partial charge in [-0.15, -0.1) is 0 Å². The van der Waals surface area contributed by atoms with Crippen LogP contribution < -0.4 is 5.32 Å². The summed E-state index contributed by atoms with van der Waals surface area (Å²) >= 11 is 0. The molecule has 3 nitrogen and oxygen atoms in total. The third-order valence-corrected chi connectivity index (χ3v) is 3.32. The molecule has 0 spiro atoms. The van der Waals surface area contributed by atoms with Gasteiger partial charge in [-0.05, 0) is 32.2 Å². The number of nitrogens with one attached hydrogen (secondary N) is 1. The molecular formula is C12H26N2O. The fourth-order valence-corrected chi connectivity index (χ4v) is 2.38. The van der Waals surface area contributed by atoms with Crippen molar-refractivity contribution in [3.05, 3.63) is 0 Å². The molecule has 1 saturated heterocycles. The van der Waals surface area contributed by atoms with E-state index in [4.69, 9.17) is 0 Å². The lowest BCUT2D eigenvalue weighted by Crippen LogP contribution is -2.50. The van der Waals surface area contributed by atoms with Crippen LogP contribution in [0.1, 0.15) is 27.2 Å². The lowest BCUT2D eigenvalue weighted by atomic mass is 9.90. The lowest BCUT2D eigenvalue weighted by molar-refractivity contribution is 0.0712. The van der Waals surface area contributed by atoms with E-state index >= 15 is 0 Å². The molecule has 0 aromatic carbocycles. The van der Waals surface area contributed by atoms with Crippen molar-refractivity contribution in [3.8, 4) is 0 Å². The molecule has 1 aliphatic heterocycles. The predicted molar refractivity (Wildman–Crippen MR) is 63.9 cm³/mol. The Hall–Kier alpha value is -0.120. The quantitative estimate of drug-likeness (QED) is 0.731. The molecule has 1 aliphatic rings. The summed E-state index contributed by atoms with van der Waals surface area (Å²) in [6.45, 7) is 9.56. The Morgan fingerprint density at radius 3 is 2.53 bits per heavy atom. The normalized spacial score (nSPS) is 29.8. The molecule has 0 amide bonds. The van der Waals surface area contributed by atoms with Crippen molar-refractivity contribution in [2.24, 2.45) is 11.8 Å². The number of likely N-dealkylation sites (N-methyl/N-ethyl adjacent to an activating group) is 1. The van der Waals surface area contributed by atoms with Crippen LogP contribution in [-0.2, 0) is 0 Å². The SMILES string of the molecule is CC(C)CN(C)C1CNCC(C(C)O)C1. The minimum Gasteiger partial charge on any atom is -0.393 e. The van der Waals surface area contributed by atoms with Gasteiger partial charge in [0, 0.05) is 25.7 Å². The van der Waals surface area contributed by atoms with Gasteiger partial charge in [-0.3, -0.25) is 0 Å². The van der Waals surface area contributed by atoms with Gasteiger partial charge in [0.15, 0.2) is 0 Å². The van der Waals surface area contributed by atoms with Gasteiger partial charge >= 0.3 is 0 Å². The van der Waals surface area contributed by atoms with Crippen LogP contribution in [0.2, 0.25) is 0 Å². The molecule has 0 aromatic rings. The van der Waals surface area contributed by atoms with Crippen molar-refractivity contribution >= 4 is 0 Å². The Balaban J connectivity index is 2.41. The molecule has 3 heteroatoms. The predicted octanol–water partition coefficient (Wildman–Crippen LogP) is 0.933. The van der Waals surface area contributed by atoms with Gasteiger partial charge in [0.05, 0.1) is 6.10 Å². The highest BCUT2D eigenvalue weighted by atomic mass is 16.3. The topological polar surface area (TPSA) is 35.5 Å². The van der Waals surface area contributed by atoms with E-state index in [1.165, 1.54) is 0 Å². The molecule has 1 heterocycles. The van der Waals surface area contributed by atoms with Crippen LogP contribution in [0.3, 0.4) is 0 Å². The fourth-order valence-electron chi connectivity index (χ4n) is 2.38. The zero-order valence-electron chi connectivity index (χ0n) is 10.5. The van der Waals surface area contributed by atoms with Gasteiger partial charge < -0.3 is 15.3 Å². The third-order valence-electron chi connectivity index (χ3n) is 3.32. The summed E-state index contributed by atoms with van der Waals surface area (Å²) in [5.74, 6) is 1.13. The monoisotopic (exact) mass is 214 g/mol. The minimum absolute atomic E-state index is 0.187. The van der Waals surface area contributed by atoms with Gasteiger partial charge in [-0.1, -0.05) is 13.8 Å². The first-order valence-electron chi connectivity index (χ1n) is 6.09. The van der Waals surface area contributed by atoms with Crippen LogP contribution in [0.15, 0.2) is 0 Å². The Kier molecular flexibility index (Phi) is 5.03. The van der Waals surface area contributed by atoms with Gasteiger partial charge in [0.2, 0.25) is 0 Å². The molecular weight excluding hydrogens is 188 g/mol. The highest BCUT2D eigenvalue weighted by Gasteiger charge is 2.27. The van der Waals surface area contributed by atoms with E-state index < -0.39 is 0 Å². The van der Waals surface area contributed by atoms with Crippen molar-refractivity contribution in [1.29, 1.82) is 0 Å². The number of aliphatic hydroxyl groups is 1. The molecule has 0 aromatic heterocycles. The molecule has 3 unspecified atom stereocenters. The fraction of sp³-hybridized carbons (Fsp3) is 1.00. The van der Waals surface area contributed by atoms with Crippen molar-refractivity contribution in [2.75, 3.05) is 26.7 Å². The van der Waals surface area contributed by atoms with E-state index in [-0.39, 0.29) is 6.10 Å². The van der Waals surface area contributed by atoms with Crippen LogP contribution in [0.4, 0.5) is 0 Å². The summed E-state index contributed by atoms with van der Waals surface area (Å²) in [7, 11) is 2.19. The molecule has 0 aliphatic carbocycles. The Labute approximate surface area is 93.9 Å². The van der Waals surface area contributed by atoms with Crippen LogP contribution >= 0.6 is 0 Å². The molecule has 90 valence electrons. The number of hydrogen-bond donors (Lipinski definition) is 2. The molecule has 15 heavy (non-hydrogen) atoms. The molecule has 1 fully saturated rings. The number of aliphatic hydroxyl groups excluding tert-OH is 1. The zero-order chi connectivity index (χ0) is 11.4. The Bertz CT molecular complexity index is 182. The summed E-state index contributed by atoms with van der Waals surface area (Å²) in [6.07, 6.45) is 0.932. The molecule has 0 saturated carbocycles. The number of piperidine rings is 1. The van der Waals surface area contributed by atoms with Crippen LogP contribution in [-0.4, -0.2) is 48.8 Å². The van der Waals surface area contributed by atoms with Gasteiger partial charge in [-0.25, -0.2) is 0 Å². The molecule has 2 N–H and O–H groups in total. The lowest BCUT2D eigenvalue weighted by Gasteiger charge is -2.37. The molecule has 1 rings (SSSR count). The first-order chi connectivity index (χ1) is 7.00. The molecule has 0 radical (unpaired) electrons. The largest absolute Gasteiger partial charge is 0.393 e. The highest BCUT2D eigenvalue weighted by molar-refractivity contribution is 4.84. The Morgan fingerprint density at radius 2 is 2.00 bits per heavy atom.